The second-order valence-corrected chi connectivity index (χ2v) is 6.89. The summed E-state index contributed by atoms with van der Waals surface area (Å²) in [5, 5.41) is 8.25. The molecule has 6 heteroatoms. The molecule has 0 radical (unpaired) electrons. The molecule has 138 valence electrons. The van der Waals surface area contributed by atoms with Crippen LogP contribution in [0.2, 0.25) is 0 Å². The van der Waals surface area contributed by atoms with E-state index in [0.717, 1.165) is 24.0 Å². The molecule has 1 aliphatic rings. The number of hydrogen-bond donors (Lipinski definition) is 0. The first kappa shape index (κ1) is 17.4. The maximum Gasteiger partial charge on any atom is 0.253 e. The van der Waals surface area contributed by atoms with Crippen LogP contribution in [-0.2, 0) is 0 Å². The summed E-state index contributed by atoms with van der Waals surface area (Å²) < 4.78 is 18.8. The van der Waals surface area contributed by atoms with Crippen LogP contribution in [0.1, 0.15) is 40.6 Å². The molecular weight excluding hydrogens is 345 g/mol. The molecule has 27 heavy (non-hydrogen) atoms. The lowest BCUT2D eigenvalue weighted by Gasteiger charge is -2.30. The van der Waals surface area contributed by atoms with Gasteiger partial charge in [0, 0.05) is 30.1 Å². The van der Waals surface area contributed by atoms with E-state index in [0.29, 0.717) is 30.4 Å². The number of likely N-dealkylation sites (tertiary alicyclic amines) is 1. The minimum Gasteiger partial charge on any atom is -0.420 e. The van der Waals surface area contributed by atoms with E-state index in [1.807, 2.05) is 36.1 Å². The number of hydrogen-bond acceptors (Lipinski definition) is 4. The van der Waals surface area contributed by atoms with Crippen LogP contribution >= 0.6 is 0 Å². The Morgan fingerprint density at radius 1 is 1.11 bits per heavy atom. The van der Waals surface area contributed by atoms with Gasteiger partial charge in [-0.25, -0.2) is 4.39 Å². The van der Waals surface area contributed by atoms with Crippen molar-refractivity contribution >= 4 is 5.91 Å². The van der Waals surface area contributed by atoms with Crippen LogP contribution in [0.4, 0.5) is 4.39 Å². The first-order chi connectivity index (χ1) is 13.1. The average Bonchev–Trinajstić information content (AvgIpc) is 3.18. The highest BCUT2D eigenvalue weighted by molar-refractivity contribution is 5.94. The van der Waals surface area contributed by atoms with E-state index in [2.05, 4.69) is 10.2 Å². The summed E-state index contributed by atoms with van der Waals surface area (Å²) in [7, 11) is 0. The SMILES string of the molecule is Cc1cccc(C(=O)N2CCC(c3nnc(-c4ccc(F)cc4)o3)CC2)c1. The molecule has 3 aromatic rings. The third-order valence-electron chi connectivity index (χ3n) is 4.93. The van der Waals surface area contributed by atoms with Gasteiger partial charge in [0.1, 0.15) is 5.82 Å². The second-order valence-electron chi connectivity index (χ2n) is 6.89. The Balaban J connectivity index is 1.41. The second kappa shape index (κ2) is 7.31. The van der Waals surface area contributed by atoms with Gasteiger partial charge in [0.15, 0.2) is 0 Å². The number of aryl methyl sites for hydroxylation is 1. The van der Waals surface area contributed by atoms with E-state index in [1.165, 1.54) is 12.1 Å². The molecule has 0 N–H and O–H groups in total. The predicted molar refractivity (Wildman–Crippen MR) is 98.7 cm³/mol. The molecule has 0 saturated carbocycles. The van der Waals surface area contributed by atoms with Crippen LogP contribution in [0.15, 0.2) is 52.9 Å². The Morgan fingerprint density at radius 2 is 1.85 bits per heavy atom. The molecule has 2 heterocycles. The summed E-state index contributed by atoms with van der Waals surface area (Å²) in [6.45, 7) is 3.30. The van der Waals surface area contributed by atoms with Crippen molar-refractivity contribution in [3.05, 3.63) is 71.4 Å². The zero-order valence-corrected chi connectivity index (χ0v) is 15.1. The number of amides is 1. The number of halogens is 1. The molecule has 0 unspecified atom stereocenters. The van der Waals surface area contributed by atoms with Crippen molar-refractivity contribution in [2.45, 2.75) is 25.7 Å². The molecule has 1 amide bonds. The molecule has 0 aliphatic carbocycles. The maximum absolute atomic E-state index is 13.0. The number of aromatic nitrogens is 2. The van der Waals surface area contributed by atoms with Gasteiger partial charge in [0.05, 0.1) is 0 Å². The fourth-order valence-electron chi connectivity index (χ4n) is 3.40. The number of nitrogens with zero attached hydrogens (tertiary/aromatic N) is 3. The van der Waals surface area contributed by atoms with Crippen LogP contribution in [0, 0.1) is 12.7 Å². The highest BCUT2D eigenvalue weighted by Crippen LogP contribution is 2.30. The quantitative estimate of drug-likeness (QED) is 0.698. The molecular formula is C21H20FN3O2. The monoisotopic (exact) mass is 365 g/mol. The average molecular weight is 365 g/mol. The Labute approximate surface area is 156 Å². The fourth-order valence-corrected chi connectivity index (χ4v) is 3.40. The standard InChI is InChI=1S/C21H20FN3O2/c1-14-3-2-4-17(13-14)21(26)25-11-9-16(10-12-25)20-24-23-19(27-20)15-5-7-18(22)8-6-15/h2-8,13,16H,9-12H2,1H3. The molecule has 4 rings (SSSR count). The smallest absolute Gasteiger partial charge is 0.253 e. The molecule has 0 bridgehead atoms. The van der Waals surface area contributed by atoms with E-state index in [1.54, 1.807) is 12.1 Å². The summed E-state index contributed by atoms with van der Waals surface area (Å²) in [6.07, 6.45) is 1.56. The van der Waals surface area contributed by atoms with E-state index in [9.17, 15) is 9.18 Å². The number of carbonyl (C=O) groups excluding carboxylic acids is 1. The van der Waals surface area contributed by atoms with Crippen LogP contribution in [0.3, 0.4) is 0 Å². The van der Waals surface area contributed by atoms with Gasteiger partial charge in [-0.05, 0) is 56.2 Å². The zero-order valence-electron chi connectivity index (χ0n) is 15.1. The van der Waals surface area contributed by atoms with Crippen molar-refractivity contribution in [1.29, 1.82) is 0 Å². The third kappa shape index (κ3) is 3.74. The van der Waals surface area contributed by atoms with Gasteiger partial charge in [-0.1, -0.05) is 17.7 Å². The molecule has 1 aliphatic heterocycles. The summed E-state index contributed by atoms with van der Waals surface area (Å²) in [5.74, 6) is 0.868. The molecule has 0 spiro atoms. The topological polar surface area (TPSA) is 59.2 Å². The summed E-state index contributed by atoms with van der Waals surface area (Å²) >= 11 is 0. The van der Waals surface area contributed by atoms with Crippen LogP contribution in [0.25, 0.3) is 11.5 Å². The van der Waals surface area contributed by atoms with Gasteiger partial charge in [-0.3, -0.25) is 4.79 Å². The van der Waals surface area contributed by atoms with Crippen molar-refractivity contribution < 1.29 is 13.6 Å². The normalized spacial score (nSPS) is 15.1. The molecule has 1 fully saturated rings. The summed E-state index contributed by atoms with van der Waals surface area (Å²) in [6, 6.07) is 13.6. The van der Waals surface area contributed by atoms with Crippen LogP contribution in [-0.4, -0.2) is 34.1 Å². The lowest BCUT2D eigenvalue weighted by Crippen LogP contribution is -2.38. The molecule has 2 aromatic carbocycles. The Bertz CT molecular complexity index is 944. The number of piperidine rings is 1. The lowest BCUT2D eigenvalue weighted by molar-refractivity contribution is 0.0706. The number of benzene rings is 2. The number of carbonyl (C=O) groups is 1. The van der Waals surface area contributed by atoms with Gasteiger partial charge >= 0.3 is 0 Å². The molecule has 5 nitrogen and oxygen atoms in total. The van der Waals surface area contributed by atoms with Gasteiger partial charge in [0.2, 0.25) is 11.8 Å². The largest absolute Gasteiger partial charge is 0.420 e. The maximum atomic E-state index is 13.0. The van der Waals surface area contributed by atoms with Gasteiger partial charge in [0.25, 0.3) is 5.91 Å². The fraction of sp³-hybridized carbons (Fsp3) is 0.286. The highest BCUT2D eigenvalue weighted by Gasteiger charge is 2.28. The number of rotatable bonds is 3. The Morgan fingerprint density at radius 3 is 2.56 bits per heavy atom. The zero-order chi connectivity index (χ0) is 18.8. The Hall–Kier alpha value is -3.02. The van der Waals surface area contributed by atoms with Crippen molar-refractivity contribution in [3.63, 3.8) is 0 Å². The first-order valence-corrected chi connectivity index (χ1v) is 9.05. The summed E-state index contributed by atoms with van der Waals surface area (Å²) in [5.41, 5.74) is 2.50. The molecule has 1 saturated heterocycles. The van der Waals surface area contributed by atoms with Crippen molar-refractivity contribution in [2.75, 3.05) is 13.1 Å². The van der Waals surface area contributed by atoms with Crippen molar-refractivity contribution in [1.82, 2.24) is 15.1 Å². The van der Waals surface area contributed by atoms with Gasteiger partial charge in [-0.2, -0.15) is 0 Å². The van der Waals surface area contributed by atoms with Crippen molar-refractivity contribution in [3.8, 4) is 11.5 Å². The molecule has 0 atom stereocenters. The van der Waals surface area contributed by atoms with E-state index >= 15 is 0 Å². The minimum absolute atomic E-state index is 0.0645. The predicted octanol–water partition coefficient (Wildman–Crippen LogP) is 4.20. The lowest BCUT2D eigenvalue weighted by atomic mass is 9.96. The van der Waals surface area contributed by atoms with E-state index < -0.39 is 0 Å². The van der Waals surface area contributed by atoms with Crippen LogP contribution in [0.5, 0.6) is 0 Å². The van der Waals surface area contributed by atoms with Gasteiger partial charge in [-0.15, -0.1) is 10.2 Å². The molecule has 1 aromatic heterocycles. The highest BCUT2D eigenvalue weighted by atomic mass is 19.1. The Kier molecular flexibility index (Phi) is 4.71. The van der Waals surface area contributed by atoms with Gasteiger partial charge < -0.3 is 9.32 Å². The third-order valence-corrected chi connectivity index (χ3v) is 4.93. The van der Waals surface area contributed by atoms with E-state index in [4.69, 9.17) is 4.42 Å². The van der Waals surface area contributed by atoms with Crippen LogP contribution < -0.4 is 0 Å². The van der Waals surface area contributed by atoms with Crippen molar-refractivity contribution in [2.24, 2.45) is 0 Å². The van der Waals surface area contributed by atoms with E-state index in [-0.39, 0.29) is 17.6 Å². The minimum atomic E-state index is -0.302. The summed E-state index contributed by atoms with van der Waals surface area (Å²) in [4.78, 5) is 14.5. The first-order valence-electron chi connectivity index (χ1n) is 9.05.